The van der Waals surface area contributed by atoms with Gasteiger partial charge in [0.15, 0.2) is 10.8 Å². The molecular weight excluding hydrogens is 402 g/mol. The van der Waals surface area contributed by atoms with Crippen LogP contribution in [0.25, 0.3) is 15.9 Å². The summed E-state index contributed by atoms with van der Waals surface area (Å²) in [5.41, 5.74) is 3.97. The number of amides is 1. The van der Waals surface area contributed by atoms with Crippen molar-refractivity contribution in [3.05, 3.63) is 46.1 Å². The summed E-state index contributed by atoms with van der Waals surface area (Å²) in [6, 6.07) is 7.77. The molecule has 0 spiro atoms. The Bertz CT molecular complexity index is 1210. The summed E-state index contributed by atoms with van der Waals surface area (Å²) in [5.74, 6) is 1.31. The van der Waals surface area contributed by atoms with E-state index in [2.05, 4.69) is 43.2 Å². The normalized spacial score (nSPS) is 11.7. The van der Waals surface area contributed by atoms with Gasteiger partial charge in [0, 0.05) is 16.5 Å². The second kappa shape index (κ2) is 7.76. The average molecular weight is 426 g/mol. The Hall–Kier alpha value is -2.45. The molecule has 4 aromatic rings. The van der Waals surface area contributed by atoms with Gasteiger partial charge in [-0.3, -0.25) is 9.20 Å². The predicted molar refractivity (Wildman–Crippen MR) is 120 cm³/mol. The molecule has 29 heavy (non-hydrogen) atoms. The summed E-state index contributed by atoms with van der Waals surface area (Å²) in [6.45, 7) is 10.4. The summed E-state index contributed by atoms with van der Waals surface area (Å²) in [4.78, 5) is 19.6. The van der Waals surface area contributed by atoms with Gasteiger partial charge in [0.1, 0.15) is 10.7 Å². The van der Waals surface area contributed by atoms with Gasteiger partial charge in [-0.25, -0.2) is 4.98 Å². The van der Waals surface area contributed by atoms with Crippen molar-refractivity contribution < 1.29 is 4.79 Å². The maximum atomic E-state index is 12.4. The third-order valence-corrected chi connectivity index (χ3v) is 6.88. The first-order valence-corrected chi connectivity index (χ1v) is 11.3. The number of nitrogens with zero attached hydrogens (tertiary/aromatic N) is 4. The molecule has 0 radical (unpaired) electrons. The highest BCUT2D eigenvalue weighted by Gasteiger charge is 2.21. The fourth-order valence-corrected chi connectivity index (χ4v) is 4.96. The molecule has 8 heteroatoms. The van der Waals surface area contributed by atoms with Gasteiger partial charge >= 0.3 is 0 Å². The molecular formula is C21H23N5OS2. The summed E-state index contributed by atoms with van der Waals surface area (Å²) in [5, 5.41) is 13.5. The first-order chi connectivity index (χ1) is 13.8. The van der Waals surface area contributed by atoms with Crippen LogP contribution in [0.1, 0.15) is 41.6 Å². The molecule has 3 aromatic heterocycles. The summed E-state index contributed by atoms with van der Waals surface area (Å²) in [6.07, 6.45) is 0. The lowest BCUT2D eigenvalue weighted by Gasteiger charge is -2.10. The Labute approximate surface area is 177 Å². The zero-order valence-corrected chi connectivity index (χ0v) is 18.7. The van der Waals surface area contributed by atoms with Crippen LogP contribution >= 0.6 is 23.1 Å². The molecule has 0 bridgehead atoms. The molecule has 0 saturated carbocycles. The lowest BCUT2D eigenvalue weighted by atomic mass is 10.2. The van der Waals surface area contributed by atoms with Crippen molar-refractivity contribution in [1.29, 1.82) is 0 Å². The van der Waals surface area contributed by atoms with Crippen molar-refractivity contribution in [2.75, 3.05) is 11.1 Å². The van der Waals surface area contributed by atoms with Crippen molar-refractivity contribution in [2.45, 2.75) is 45.7 Å². The van der Waals surface area contributed by atoms with E-state index in [0.717, 1.165) is 32.9 Å². The quantitative estimate of drug-likeness (QED) is 0.449. The van der Waals surface area contributed by atoms with E-state index in [4.69, 9.17) is 4.98 Å². The molecule has 0 saturated heterocycles. The van der Waals surface area contributed by atoms with Crippen LogP contribution in [-0.2, 0) is 4.79 Å². The standard InChI is InChI=1S/C21H23N5OS2/c1-11(2)18-23-20-17(13(4)14(5)29-20)19-24-25-21(26(18)19)28-10-16(27)22-15-8-6-12(3)7-9-15/h6-9,11H,10H2,1-5H3,(H,22,27). The van der Waals surface area contributed by atoms with Crippen LogP contribution < -0.4 is 5.32 Å². The van der Waals surface area contributed by atoms with E-state index in [-0.39, 0.29) is 17.6 Å². The number of benzene rings is 1. The molecule has 0 aliphatic carbocycles. The number of nitrogens with one attached hydrogen (secondary N) is 1. The average Bonchev–Trinajstić information content (AvgIpc) is 3.22. The first-order valence-electron chi connectivity index (χ1n) is 9.49. The number of carbonyl (C=O) groups is 1. The van der Waals surface area contributed by atoms with Gasteiger partial charge in [0.2, 0.25) is 5.91 Å². The van der Waals surface area contributed by atoms with E-state index >= 15 is 0 Å². The number of anilines is 1. The number of aryl methyl sites for hydroxylation is 3. The molecule has 0 aliphatic heterocycles. The van der Waals surface area contributed by atoms with E-state index in [0.29, 0.717) is 5.16 Å². The van der Waals surface area contributed by atoms with Crippen molar-refractivity contribution in [2.24, 2.45) is 0 Å². The fourth-order valence-electron chi connectivity index (χ4n) is 3.19. The molecule has 0 fully saturated rings. The highest BCUT2D eigenvalue weighted by molar-refractivity contribution is 7.99. The topological polar surface area (TPSA) is 72.2 Å². The van der Waals surface area contributed by atoms with Crippen LogP contribution in [0.2, 0.25) is 0 Å². The Kier molecular flexibility index (Phi) is 5.31. The predicted octanol–water partition coefficient (Wildman–Crippen LogP) is 5.12. The molecule has 150 valence electrons. The van der Waals surface area contributed by atoms with Crippen molar-refractivity contribution in [1.82, 2.24) is 19.6 Å². The number of fused-ring (bicyclic) bond motifs is 3. The Balaban J connectivity index is 1.64. The molecule has 4 rings (SSSR count). The largest absolute Gasteiger partial charge is 0.325 e. The van der Waals surface area contributed by atoms with Gasteiger partial charge in [0.25, 0.3) is 0 Å². The van der Waals surface area contributed by atoms with Crippen LogP contribution in [0.5, 0.6) is 0 Å². The number of thiophene rings is 1. The van der Waals surface area contributed by atoms with Crippen molar-refractivity contribution in [3.63, 3.8) is 0 Å². The number of hydrogen-bond acceptors (Lipinski definition) is 6. The zero-order valence-electron chi connectivity index (χ0n) is 17.1. The minimum Gasteiger partial charge on any atom is -0.325 e. The monoisotopic (exact) mass is 425 g/mol. The van der Waals surface area contributed by atoms with Crippen molar-refractivity contribution >= 4 is 50.6 Å². The first kappa shape index (κ1) is 19.8. The molecule has 0 unspecified atom stereocenters. The summed E-state index contributed by atoms with van der Waals surface area (Å²) >= 11 is 3.07. The van der Waals surface area contributed by atoms with Crippen LogP contribution in [0.15, 0.2) is 29.4 Å². The smallest absolute Gasteiger partial charge is 0.234 e. The van der Waals surface area contributed by atoms with Crippen LogP contribution in [-0.4, -0.2) is 31.2 Å². The molecule has 6 nitrogen and oxygen atoms in total. The van der Waals surface area contributed by atoms with Gasteiger partial charge in [-0.1, -0.05) is 43.3 Å². The van der Waals surface area contributed by atoms with Crippen molar-refractivity contribution in [3.8, 4) is 0 Å². The lowest BCUT2D eigenvalue weighted by Crippen LogP contribution is -2.14. The third kappa shape index (κ3) is 3.74. The van der Waals surface area contributed by atoms with E-state index in [1.807, 2.05) is 35.6 Å². The second-order valence-electron chi connectivity index (χ2n) is 7.43. The lowest BCUT2D eigenvalue weighted by molar-refractivity contribution is -0.113. The maximum absolute atomic E-state index is 12.4. The van der Waals surface area contributed by atoms with Crippen LogP contribution in [0.3, 0.4) is 0 Å². The molecule has 3 heterocycles. The van der Waals surface area contributed by atoms with Gasteiger partial charge in [0.05, 0.1) is 11.1 Å². The second-order valence-corrected chi connectivity index (χ2v) is 9.58. The highest BCUT2D eigenvalue weighted by Crippen LogP contribution is 2.34. The molecule has 1 amide bonds. The van der Waals surface area contributed by atoms with Crippen LogP contribution in [0.4, 0.5) is 5.69 Å². The fraction of sp³-hybridized carbons (Fsp3) is 0.333. The third-order valence-electron chi connectivity index (χ3n) is 4.85. The number of thioether (sulfide) groups is 1. The molecule has 1 aromatic carbocycles. The van der Waals surface area contributed by atoms with Gasteiger partial charge in [-0.2, -0.15) is 0 Å². The minimum atomic E-state index is -0.0710. The minimum absolute atomic E-state index is 0.0710. The number of carbonyl (C=O) groups excluding carboxylic acids is 1. The number of rotatable bonds is 5. The summed E-state index contributed by atoms with van der Waals surface area (Å²) < 4.78 is 2.01. The van der Waals surface area contributed by atoms with E-state index < -0.39 is 0 Å². The zero-order chi connectivity index (χ0) is 20.7. The van der Waals surface area contributed by atoms with Gasteiger partial charge in [-0.15, -0.1) is 21.5 Å². The van der Waals surface area contributed by atoms with E-state index in [1.54, 1.807) is 11.3 Å². The Morgan fingerprint density at radius 2 is 1.90 bits per heavy atom. The SMILES string of the molecule is Cc1ccc(NC(=O)CSc2nnc3c4c(C)c(C)sc4nc(C(C)C)n23)cc1. The Morgan fingerprint density at radius 3 is 2.59 bits per heavy atom. The Morgan fingerprint density at radius 1 is 1.17 bits per heavy atom. The van der Waals surface area contributed by atoms with E-state index in [9.17, 15) is 4.79 Å². The molecule has 0 aliphatic rings. The number of aromatic nitrogens is 4. The maximum Gasteiger partial charge on any atom is 0.234 e. The molecule has 0 atom stereocenters. The van der Waals surface area contributed by atoms with Gasteiger partial charge in [-0.05, 0) is 38.5 Å². The van der Waals surface area contributed by atoms with E-state index in [1.165, 1.54) is 22.2 Å². The number of hydrogen-bond donors (Lipinski definition) is 1. The van der Waals surface area contributed by atoms with Crippen LogP contribution in [0, 0.1) is 20.8 Å². The molecule has 1 N–H and O–H groups in total. The summed E-state index contributed by atoms with van der Waals surface area (Å²) in [7, 11) is 0. The van der Waals surface area contributed by atoms with Gasteiger partial charge < -0.3 is 5.32 Å². The highest BCUT2D eigenvalue weighted by atomic mass is 32.2.